The second-order valence-electron chi connectivity index (χ2n) is 4.69. The van der Waals surface area contributed by atoms with Crippen LogP contribution in [0, 0.1) is 5.41 Å². The van der Waals surface area contributed by atoms with Crippen molar-refractivity contribution < 1.29 is 0 Å². The van der Waals surface area contributed by atoms with Gasteiger partial charge in [0.25, 0.3) is 0 Å². The molecule has 0 bridgehead atoms. The van der Waals surface area contributed by atoms with Crippen LogP contribution in [0.15, 0.2) is 34.4 Å². The van der Waals surface area contributed by atoms with Crippen molar-refractivity contribution in [2.75, 3.05) is 6.54 Å². The fourth-order valence-corrected chi connectivity index (χ4v) is 2.93. The van der Waals surface area contributed by atoms with Gasteiger partial charge in [0.2, 0.25) is 0 Å². The Morgan fingerprint density at radius 3 is 2.81 bits per heavy atom. The van der Waals surface area contributed by atoms with Crippen LogP contribution in [-0.2, 0) is 0 Å². The van der Waals surface area contributed by atoms with E-state index >= 15 is 0 Å². The summed E-state index contributed by atoms with van der Waals surface area (Å²) in [4.78, 5) is 4.68. The van der Waals surface area contributed by atoms with Crippen LogP contribution in [0.3, 0.4) is 0 Å². The van der Waals surface area contributed by atoms with E-state index in [9.17, 15) is 0 Å². The first-order chi connectivity index (χ1) is 7.77. The first kappa shape index (κ1) is 9.58. The van der Waals surface area contributed by atoms with Gasteiger partial charge in [-0.2, -0.15) is 5.10 Å². The Morgan fingerprint density at radius 2 is 2.06 bits per heavy atom. The molecule has 1 aliphatic heterocycles. The van der Waals surface area contributed by atoms with Gasteiger partial charge in [-0.3, -0.25) is 4.99 Å². The normalized spacial score (nSPS) is 29.8. The summed E-state index contributed by atoms with van der Waals surface area (Å²) in [6.45, 7) is 3.13. The zero-order valence-corrected chi connectivity index (χ0v) is 9.40. The van der Waals surface area contributed by atoms with E-state index in [-0.39, 0.29) is 5.41 Å². The molecule has 16 heavy (non-hydrogen) atoms. The Kier molecular flexibility index (Phi) is 1.90. The van der Waals surface area contributed by atoms with E-state index in [2.05, 4.69) is 35.2 Å². The van der Waals surface area contributed by atoms with Crippen LogP contribution < -0.4 is 5.84 Å². The monoisotopic (exact) mass is 213 g/mol. The molecule has 0 fully saturated rings. The van der Waals surface area contributed by atoms with Crippen LogP contribution in [0.5, 0.6) is 0 Å². The third kappa shape index (κ3) is 1.03. The highest BCUT2D eigenvalue weighted by molar-refractivity contribution is 6.32. The van der Waals surface area contributed by atoms with E-state index in [0.29, 0.717) is 0 Å². The van der Waals surface area contributed by atoms with Gasteiger partial charge in [0.15, 0.2) is 0 Å². The SMILES string of the molecule is C[C@]12CCCN=C1c1ccccc1/C2=N/N. The average Bonchev–Trinajstić information content (AvgIpc) is 2.57. The average molecular weight is 213 g/mol. The predicted molar refractivity (Wildman–Crippen MR) is 65.9 cm³/mol. The van der Waals surface area contributed by atoms with Crippen LogP contribution in [-0.4, -0.2) is 18.0 Å². The van der Waals surface area contributed by atoms with Gasteiger partial charge in [-0.1, -0.05) is 24.3 Å². The molecule has 0 unspecified atom stereocenters. The minimum Gasteiger partial charge on any atom is -0.323 e. The van der Waals surface area contributed by atoms with E-state index in [0.717, 1.165) is 30.7 Å². The van der Waals surface area contributed by atoms with Crippen LogP contribution >= 0.6 is 0 Å². The minimum absolute atomic E-state index is 0.0588. The molecule has 3 nitrogen and oxygen atoms in total. The van der Waals surface area contributed by atoms with E-state index < -0.39 is 0 Å². The quantitative estimate of drug-likeness (QED) is 0.519. The highest BCUT2D eigenvalue weighted by Crippen LogP contribution is 2.42. The Morgan fingerprint density at radius 1 is 1.31 bits per heavy atom. The number of rotatable bonds is 0. The van der Waals surface area contributed by atoms with Gasteiger partial charge in [0.05, 0.1) is 16.8 Å². The van der Waals surface area contributed by atoms with Gasteiger partial charge in [-0.05, 0) is 19.8 Å². The molecule has 0 amide bonds. The number of nitrogens with zero attached hydrogens (tertiary/aromatic N) is 2. The third-order valence-corrected chi connectivity index (χ3v) is 3.72. The molecule has 0 saturated carbocycles. The maximum atomic E-state index is 5.57. The lowest BCUT2D eigenvalue weighted by Gasteiger charge is -2.28. The Labute approximate surface area is 95.1 Å². The molecule has 2 N–H and O–H groups in total. The number of nitrogens with two attached hydrogens (primary N) is 1. The zero-order valence-electron chi connectivity index (χ0n) is 9.40. The van der Waals surface area contributed by atoms with Crippen LogP contribution in [0.2, 0.25) is 0 Å². The first-order valence-corrected chi connectivity index (χ1v) is 5.70. The van der Waals surface area contributed by atoms with Crippen molar-refractivity contribution in [1.29, 1.82) is 0 Å². The van der Waals surface area contributed by atoms with Crippen molar-refractivity contribution >= 4 is 11.4 Å². The predicted octanol–water partition coefficient (Wildman–Crippen LogP) is 1.95. The fourth-order valence-electron chi connectivity index (χ4n) is 2.93. The summed E-state index contributed by atoms with van der Waals surface area (Å²) in [6.07, 6.45) is 2.21. The Hall–Kier alpha value is -1.64. The summed E-state index contributed by atoms with van der Waals surface area (Å²) < 4.78 is 0. The van der Waals surface area contributed by atoms with Crippen LogP contribution in [0.4, 0.5) is 0 Å². The smallest absolute Gasteiger partial charge is 0.0798 e. The number of benzene rings is 1. The van der Waals surface area contributed by atoms with Gasteiger partial charge in [-0.15, -0.1) is 0 Å². The summed E-state index contributed by atoms with van der Waals surface area (Å²) in [5.41, 5.74) is 4.50. The van der Waals surface area contributed by atoms with Gasteiger partial charge >= 0.3 is 0 Å². The highest BCUT2D eigenvalue weighted by atomic mass is 15.1. The molecule has 0 spiro atoms. The van der Waals surface area contributed by atoms with Crippen molar-refractivity contribution in [2.45, 2.75) is 19.8 Å². The summed E-state index contributed by atoms with van der Waals surface area (Å²) in [6, 6.07) is 8.30. The number of hydrazone groups is 1. The van der Waals surface area contributed by atoms with Crippen molar-refractivity contribution in [3.8, 4) is 0 Å². The molecule has 0 aromatic heterocycles. The van der Waals surface area contributed by atoms with Crippen LogP contribution in [0.25, 0.3) is 0 Å². The van der Waals surface area contributed by atoms with E-state index in [1.54, 1.807) is 0 Å². The second-order valence-corrected chi connectivity index (χ2v) is 4.69. The molecule has 1 aromatic rings. The van der Waals surface area contributed by atoms with E-state index in [1.165, 1.54) is 11.3 Å². The maximum absolute atomic E-state index is 5.57. The van der Waals surface area contributed by atoms with Crippen molar-refractivity contribution in [1.82, 2.24) is 0 Å². The number of aliphatic imine (C=N–C) groups is 1. The van der Waals surface area contributed by atoms with Crippen molar-refractivity contribution in [2.24, 2.45) is 21.4 Å². The first-order valence-electron chi connectivity index (χ1n) is 5.70. The molecule has 3 heteroatoms. The fraction of sp³-hybridized carbons (Fsp3) is 0.385. The molecule has 1 aliphatic carbocycles. The maximum Gasteiger partial charge on any atom is 0.0798 e. The van der Waals surface area contributed by atoms with Gasteiger partial charge in [-0.25, -0.2) is 0 Å². The molecule has 2 aliphatic rings. The molecule has 3 rings (SSSR count). The van der Waals surface area contributed by atoms with E-state index in [1.807, 2.05) is 6.07 Å². The number of hydrogen-bond acceptors (Lipinski definition) is 3. The number of fused-ring (bicyclic) bond motifs is 3. The Bertz CT molecular complexity index is 502. The molecule has 1 heterocycles. The molecule has 1 aromatic carbocycles. The molecule has 0 saturated heterocycles. The van der Waals surface area contributed by atoms with E-state index in [4.69, 9.17) is 5.84 Å². The summed E-state index contributed by atoms with van der Waals surface area (Å²) in [5, 5.41) is 4.02. The van der Waals surface area contributed by atoms with Gasteiger partial charge in [0, 0.05) is 17.7 Å². The summed E-state index contributed by atoms with van der Waals surface area (Å²) in [7, 11) is 0. The van der Waals surface area contributed by atoms with Crippen molar-refractivity contribution in [3.63, 3.8) is 0 Å². The lowest BCUT2D eigenvalue weighted by atomic mass is 9.78. The zero-order chi connectivity index (χ0) is 11.2. The number of hydrogen-bond donors (Lipinski definition) is 1. The topological polar surface area (TPSA) is 50.7 Å². The lowest BCUT2D eigenvalue weighted by Crippen LogP contribution is -2.34. The lowest BCUT2D eigenvalue weighted by molar-refractivity contribution is 0.531. The molecule has 1 atom stereocenters. The highest BCUT2D eigenvalue weighted by Gasteiger charge is 2.45. The minimum atomic E-state index is -0.0588. The standard InChI is InChI=1S/C13H15N3/c1-13-7-4-8-15-11(13)9-5-2-3-6-10(9)12(13)16-14/h2-3,5-6H,4,7-8,14H2,1H3/b16-12-/t13-/m0/s1. The third-order valence-electron chi connectivity index (χ3n) is 3.72. The summed E-state index contributed by atoms with van der Waals surface area (Å²) in [5.74, 6) is 5.57. The van der Waals surface area contributed by atoms with Crippen LogP contribution in [0.1, 0.15) is 30.9 Å². The summed E-state index contributed by atoms with van der Waals surface area (Å²) >= 11 is 0. The van der Waals surface area contributed by atoms with Gasteiger partial charge in [0.1, 0.15) is 0 Å². The van der Waals surface area contributed by atoms with Gasteiger partial charge < -0.3 is 5.84 Å². The molecule has 0 radical (unpaired) electrons. The molecular weight excluding hydrogens is 198 g/mol. The molecular formula is C13H15N3. The van der Waals surface area contributed by atoms with Crippen molar-refractivity contribution in [3.05, 3.63) is 35.4 Å². The molecule has 82 valence electrons. The second kappa shape index (κ2) is 3.17. The largest absolute Gasteiger partial charge is 0.323 e. The Balaban J connectivity index is 2.31.